The van der Waals surface area contributed by atoms with E-state index in [1.807, 2.05) is 12.2 Å². The molecule has 6 nitrogen and oxygen atoms in total. The highest BCUT2D eigenvalue weighted by molar-refractivity contribution is 6.30. The van der Waals surface area contributed by atoms with Crippen molar-refractivity contribution < 1.29 is 22.8 Å². The summed E-state index contributed by atoms with van der Waals surface area (Å²) in [5.74, 6) is -0.934. The molecule has 1 aromatic rings. The van der Waals surface area contributed by atoms with Gasteiger partial charge in [-0.15, -0.1) is 0 Å². The molecule has 3 amide bonds. The standard InChI is InChI=1S/C13H15ClF3N3O3/c1-2-3-4-18-12(23)19-10(21)7-20-6-8(13(15,16)17)5-9(14)11(20)22/h5-6H,2-4,7H2,1H3,(H2,18,19,21,23). The summed E-state index contributed by atoms with van der Waals surface area (Å²) < 4.78 is 38.5. The number of nitrogens with one attached hydrogen (secondary N) is 2. The maximum atomic E-state index is 12.7. The van der Waals surface area contributed by atoms with E-state index in [4.69, 9.17) is 11.6 Å². The normalized spacial score (nSPS) is 11.2. The Kier molecular flexibility index (Phi) is 6.62. The van der Waals surface area contributed by atoms with Gasteiger partial charge < -0.3 is 9.88 Å². The second kappa shape index (κ2) is 8.00. The topological polar surface area (TPSA) is 80.2 Å². The van der Waals surface area contributed by atoms with Crippen LogP contribution < -0.4 is 16.2 Å². The summed E-state index contributed by atoms with van der Waals surface area (Å²) in [4.78, 5) is 34.6. The van der Waals surface area contributed by atoms with Crippen molar-refractivity contribution in [1.82, 2.24) is 15.2 Å². The predicted molar refractivity (Wildman–Crippen MR) is 77.2 cm³/mol. The summed E-state index contributed by atoms with van der Waals surface area (Å²) in [6.45, 7) is 1.50. The summed E-state index contributed by atoms with van der Waals surface area (Å²) in [7, 11) is 0. The van der Waals surface area contributed by atoms with Gasteiger partial charge in [-0.3, -0.25) is 14.9 Å². The van der Waals surface area contributed by atoms with E-state index in [0.717, 1.165) is 6.42 Å². The largest absolute Gasteiger partial charge is 0.417 e. The van der Waals surface area contributed by atoms with E-state index in [1.54, 1.807) is 0 Å². The van der Waals surface area contributed by atoms with E-state index < -0.39 is 40.8 Å². The molecule has 0 unspecified atom stereocenters. The van der Waals surface area contributed by atoms with Crippen molar-refractivity contribution in [2.24, 2.45) is 0 Å². The third-order valence-electron chi connectivity index (χ3n) is 2.75. The molecule has 0 radical (unpaired) electrons. The van der Waals surface area contributed by atoms with Crippen LogP contribution in [0.2, 0.25) is 5.02 Å². The van der Waals surface area contributed by atoms with Gasteiger partial charge in [-0.25, -0.2) is 4.79 Å². The Labute approximate surface area is 134 Å². The first-order valence-corrected chi connectivity index (χ1v) is 7.07. The van der Waals surface area contributed by atoms with Gasteiger partial charge in [0.25, 0.3) is 5.56 Å². The maximum absolute atomic E-state index is 12.7. The Hall–Kier alpha value is -2.03. The molecule has 0 aromatic carbocycles. The Morgan fingerprint density at radius 1 is 1.35 bits per heavy atom. The monoisotopic (exact) mass is 353 g/mol. The highest BCUT2D eigenvalue weighted by Gasteiger charge is 2.32. The van der Waals surface area contributed by atoms with Crippen LogP contribution in [0.25, 0.3) is 0 Å². The van der Waals surface area contributed by atoms with Crippen LogP contribution in [0.15, 0.2) is 17.1 Å². The number of alkyl halides is 3. The van der Waals surface area contributed by atoms with Crippen molar-refractivity contribution in [3.05, 3.63) is 33.2 Å². The summed E-state index contributed by atoms with van der Waals surface area (Å²) in [6, 6.07) is -0.301. The highest BCUT2D eigenvalue weighted by Crippen LogP contribution is 2.29. The van der Waals surface area contributed by atoms with Crippen molar-refractivity contribution in [3.8, 4) is 0 Å². The number of hydrogen-bond donors (Lipinski definition) is 2. The number of carbonyl (C=O) groups excluding carboxylic acids is 2. The van der Waals surface area contributed by atoms with Gasteiger partial charge in [0.1, 0.15) is 11.6 Å². The molecule has 0 fully saturated rings. The molecule has 0 aliphatic heterocycles. The molecule has 1 heterocycles. The average molecular weight is 354 g/mol. The van der Waals surface area contributed by atoms with E-state index in [1.165, 1.54) is 0 Å². The van der Waals surface area contributed by atoms with Crippen molar-refractivity contribution in [2.75, 3.05) is 6.54 Å². The minimum atomic E-state index is -4.72. The summed E-state index contributed by atoms with van der Waals surface area (Å²) >= 11 is 5.45. The quantitative estimate of drug-likeness (QED) is 0.796. The third kappa shape index (κ3) is 5.93. The molecule has 23 heavy (non-hydrogen) atoms. The van der Waals surface area contributed by atoms with E-state index >= 15 is 0 Å². The van der Waals surface area contributed by atoms with E-state index in [0.29, 0.717) is 29.8 Å². The van der Waals surface area contributed by atoms with Crippen LogP contribution in [0.3, 0.4) is 0 Å². The van der Waals surface area contributed by atoms with Gasteiger partial charge in [-0.1, -0.05) is 24.9 Å². The number of hydrogen-bond acceptors (Lipinski definition) is 3. The number of aromatic nitrogens is 1. The molecule has 10 heteroatoms. The van der Waals surface area contributed by atoms with Crippen molar-refractivity contribution in [2.45, 2.75) is 32.5 Å². The van der Waals surface area contributed by atoms with Gasteiger partial charge in [0.05, 0.1) is 5.56 Å². The van der Waals surface area contributed by atoms with Gasteiger partial charge in [0.15, 0.2) is 0 Å². The lowest BCUT2D eigenvalue weighted by atomic mass is 10.2. The zero-order valence-corrected chi connectivity index (χ0v) is 12.9. The predicted octanol–water partition coefficient (Wildman–Crippen LogP) is 2.15. The first-order chi connectivity index (χ1) is 10.6. The van der Waals surface area contributed by atoms with Gasteiger partial charge in [-0.05, 0) is 12.5 Å². The number of imide groups is 1. The zero-order chi connectivity index (χ0) is 17.6. The molecular formula is C13H15ClF3N3O3. The number of pyridine rings is 1. The first kappa shape index (κ1) is 19.0. The average Bonchev–Trinajstić information content (AvgIpc) is 2.42. The van der Waals surface area contributed by atoms with Crippen LogP contribution in [0.5, 0.6) is 0 Å². The number of amides is 3. The number of halogens is 4. The highest BCUT2D eigenvalue weighted by atomic mass is 35.5. The number of nitrogens with zero attached hydrogens (tertiary/aromatic N) is 1. The Morgan fingerprint density at radius 3 is 2.57 bits per heavy atom. The lowest BCUT2D eigenvalue weighted by molar-refractivity contribution is -0.138. The number of unbranched alkanes of at least 4 members (excludes halogenated alkanes) is 1. The number of carbonyl (C=O) groups is 2. The van der Waals surface area contributed by atoms with Gasteiger partial charge >= 0.3 is 12.2 Å². The van der Waals surface area contributed by atoms with Crippen LogP contribution >= 0.6 is 11.6 Å². The van der Waals surface area contributed by atoms with Crippen LogP contribution in [0.4, 0.5) is 18.0 Å². The molecule has 0 atom stereocenters. The fourth-order valence-corrected chi connectivity index (χ4v) is 1.84. The third-order valence-corrected chi connectivity index (χ3v) is 3.02. The van der Waals surface area contributed by atoms with Crippen molar-refractivity contribution >= 4 is 23.5 Å². The molecule has 0 saturated carbocycles. The molecular weight excluding hydrogens is 339 g/mol. The minimum Gasteiger partial charge on any atom is -0.338 e. The second-order valence-corrected chi connectivity index (χ2v) is 5.07. The molecule has 128 valence electrons. The Bertz CT molecular complexity index is 644. The fourth-order valence-electron chi connectivity index (χ4n) is 1.62. The summed E-state index contributed by atoms with van der Waals surface area (Å²) in [5, 5.41) is 3.65. The zero-order valence-electron chi connectivity index (χ0n) is 12.2. The van der Waals surface area contributed by atoms with Gasteiger partial charge in [-0.2, -0.15) is 13.2 Å². The maximum Gasteiger partial charge on any atom is 0.417 e. The van der Waals surface area contributed by atoms with Crippen LogP contribution in [-0.4, -0.2) is 23.1 Å². The molecule has 0 bridgehead atoms. The fraction of sp³-hybridized carbons (Fsp3) is 0.462. The lowest BCUT2D eigenvalue weighted by Crippen LogP contribution is -2.42. The molecule has 1 aromatic heterocycles. The Balaban J connectivity index is 2.80. The molecule has 0 aliphatic rings. The smallest absolute Gasteiger partial charge is 0.338 e. The molecule has 2 N–H and O–H groups in total. The van der Waals surface area contributed by atoms with Crippen LogP contribution in [0.1, 0.15) is 25.3 Å². The van der Waals surface area contributed by atoms with E-state index in [2.05, 4.69) is 5.32 Å². The van der Waals surface area contributed by atoms with Gasteiger partial charge in [0.2, 0.25) is 5.91 Å². The van der Waals surface area contributed by atoms with Crippen molar-refractivity contribution in [3.63, 3.8) is 0 Å². The first-order valence-electron chi connectivity index (χ1n) is 6.70. The molecule has 0 aliphatic carbocycles. The molecule has 0 spiro atoms. The summed E-state index contributed by atoms with van der Waals surface area (Å²) in [5.41, 5.74) is -2.12. The van der Waals surface area contributed by atoms with Gasteiger partial charge in [0, 0.05) is 12.7 Å². The van der Waals surface area contributed by atoms with Crippen molar-refractivity contribution in [1.29, 1.82) is 0 Å². The molecule has 1 rings (SSSR count). The SMILES string of the molecule is CCCCNC(=O)NC(=O)Cn1cc(C(F)(F)F)cc(Cl)c1=O. The van der Waals surface area contributed by atoms with E-state index in [9.17, 15) is 27.6 Å². The number of urea groups is 1. The second-order valence-electron chi connectivity index (χ2n) is 4.67. The Morgan fingerprint density at radius 2 is 2.00 bits per heavy atom. The van der Waals surface area contributed by atoms with Crippen LogP contribution in [-0.2, 0) is 17.5 Å². The minimum absolute atomic E-state index is 0.352. The lowest BCUT2D eigenvalue weighted by Gasteiger charge is -2.12. The number of rotatable bonds is 5. The van der Waals surface area contributed by atoms with E-state index in [-0.39, 0.29) is 0 Å². The molecule has 0 saturated heterocycles. The summed E-state index contributed by atoms with van der Waals surface area (Å²) in [6.07, 6.45) is -2.69. The van der Waals surface area contributed by atoms with Crippen LogP contribution in [0, 0.1) is 0 Å².